The van der Waals surface area contributed by atoms with Gasteiger partial charge < -0.3 is 4.74 Å². The van der Waals surface area contributed by atoms with Gasteiger partial charge in [-0.05, 0) is 47.5 Å². The van der Waals surface area contributed by atoms with Gasteiger partial charge in [-0.3, -0.25) is 9.69 Å². The molecule has 1 saturated heterocycles. The molecule has 0 bridgehead atoms. The van der Waals surface area contributed by atoms with E-state index < -0.39 is 11.1 Å². The molecule has 0 spiro atoms. The second-order valence-electron chi connectivity index (χ2n) is 5.57. The molecule has 1 rings (SSSR count). The van der Waals surface area contributed by atoms with Crippen molar-refractivity contribution in [2.45, 2.75) is 58.6 Å². The number of carbonyl (C=O) groups is 2. The third-order valence-electron chi connectivity index (χ3n) is 3.01. The summed E-state index contributed by atoms with van der Waals surface area (Å²) in [6.07, 6.45) is 1.19. The maximum Gasteiger partial charge on any atom is 0.411 e. The van der Waals surface area contributed by atoms with Gasteiger partial charge in [-0.2, -0.15) is 0 Å². The highest BCUT2D eigenvalue weighted by Crippen LogP contribution is 2.31. The van der Waals surface area contributed by atoms with Crippen LogP contribution in [0.3, 0.4) is 0 Å². The van der Waals surface area contributed by atoms with Crippen molar-refractivity contribution in [3.8, 4) is 0 Å². The number of likely N-dealkylation sites (tertiary alicyclic amines) is 1. The molecule has 0 aromatic rings. The van der Waals surface area contributed by atoms with Gasteiger partial charge in [0.05, 0.1) is 0 Å². The van der Waals surface area contributed by atoms with Crippen LogP contribution in [0.4, 0.5) is 4.79 Å². The molecule has 1 fully saturated rings. The summed E-state index contributed by atoms with van der Waals surface area (Å²) >= 11 is 0. The molecule has 1 atom stereocenters. The summed E-state index contributed by atoms with van der Waals surface area (Å²) in [5.41, 5.74) is -1.19. The molecular formula is C12H21NO3. The summed E-state index contributed by atoms with van der Waals surface area (Å²) < 4.78 is 5.30. The van der Waals surface area contributed by atoms with E-state index in [-0.39, 0.29) is 11.9 Å². The van der Waals surface area contributed by atoms with E-state index in [4.69, 9.17) is 4.74 Å². The molecule has 4 heteroatoms. The Morgan fingerprint density at radius 2 is 1.88 bits per heavy atom. The molecule has 0 aromatic heterocycles. The van der Waals surface area contributed by atoms with Crippen LogP contribution in [-0.2, 0) is 9.53 Å². The van der Waals surface area contributed by atoms with Crippen molar-refractivity contribution in [3.05, 3.63) is 0 Å². The Morgan fingerprint density at radius 3 is 2.31 bits per heavy atom. The minimum Gasteiger partial charge on any atom is -0.444 e. The Kier molecular flexibility index (Phi) is 3.31. The van der Waals surface area contributed by atoms with E-state index in [9.17, 15) is 9.59 Å². The van der Waals surface area contributed by atoms with E-state index in [0.29, 0.717) is 6.54 Å². The van der Waals surface area contributed by atoms with Crippen LogP contribution >= 0.6 is 0 Å². The third-order valence-corrected chi connectivity index (χ3v) is 3.01. The van der Waals surface area contributed by atoms with Gasteiger partial charge in [0.15, 0.2) is 5.78 Å². The van der Waals surface area contributed by atoms with Gasteiger partial charge in [0.25, 0.3) is 0 Å². The highest BCUT2D eigenvalue weighted by Gasteiger charge is 2.44. The van der Waals surface area contributed by atoms with Crippen molar-refractivity contribution in [1.82, 2.24) is 4.90 Å². The van der Waals surface area contributed by atoms with E-state index in [2.05, 4.69) is 0 Å². The average Bonchev–Trinajstić information content (AvgIpc) is 2.45. The van der Waals surface area contributed by atoms with Crippen LogP contribution in [0.25, 0.3) is 0 Å². The van der Waals surface area contributed by atoms with Crippen LogP contribution in [0.1, 0.15) is 47.5 Å². The number of nitrogens with zero attached hydrogens (tertiary/aromatic N) is 1. The summed E-state index contributed by atoms with van der Waals surface area (Å²) in [6.45, 7) is 9.42. The number of hydrogen-bond acceptors (Lipinski definition) is 3. The fourth-order valence-electron chi connectivity index (χ4n) is 1.94. The van der Waals surface area contributed by atoms with Gasteiger partial charge in [0, 0.05) is 6.54 Å². The van der Waals surface area contributed by atoms with Crippen LogP contribution in [-0.4, -0.2) is 34.5 Å². The van der Waals surface area contributed by atoms with Gasteiger partial charge in [0.2, 0.25) is 0 Å². The Balaban J connectivity index is 2.80. The Morgan fingerprint density at radius 1 is 1.31 bits per heavy atom. The Labute approximate surface area is 96.9 Å². The first kappa shape index (κ1) is 13.0. The normalized spacial score (nSPS) is 25.7. The summed E-state index contributed by atoms with van der Waals surface area (Å²) in [7, 11) is 0. The molecule has 0 aliphatic carbocycles. The second-order valence-corrected chi connectivity index (χ2v) is 5.57. The first-order valence-electron chi connectivity index (χ1n) is 5.68. The van der Waals surface area contributed by atoms with Gasteiger partial charge in [-0.1, -0.05) is 0 Å². The lowest BCUT2D eigenvalue weighted by Crippen LogP contribution is -2.51. The van der Waals surface area contributed by atoms with Crippen molar-refractivity contribution in [2.24, 2.45) is 0 Å². The molecule has 0 unspecified atom stereocenters. The van der Waals surface area contributed by atoms with E-state index in [1.807, 2.05) is 27.7 Å². The van der Waals surface area contributed by atoms with Crippen LogP contribution in [0, 0.1) is 0 Å². The maximum absolute atomic E-state index is 11.9. The molecule has 0 N–H and O–H groups in total. The van der Waals surface area contributed by atoms with E-state index in [1.165, 1.54) is 6.92 Å². The monoisotopic (exact) mass is 227 g/mol. The molecule has 0 radical (unpaired) electrons. The summed E-state index contributed by atoms with van der Waals surface area (Å²) in [4.78, 5) is 25.1. The van der Waals surface area contributed by atoms with Gasteiger partial charge in [-0.25, -0.2) is 4.79 Å². The minimum atomic E-state index is -0.678. The molecule has 92 valence electrons. The molecule has 1 heterocycles. The predicted octanol–water partition coefficient (Wildman–Crippen LogP) is 2.37. The Bertz CT molecular complexity index is 306. The fourth-order valence-corrected chi connectivity index (χ4v) is 1.94. The SMILES string of the molecule is CC(=O)[C@@]1(C)CCCN1C(=O)OC(C)(C)C. The lowest BCUT2D eigenvalue weighted by atomic mass is 9.94. The summed E-state index contributed by atoms with van der Waals surface area (Å²) in [5, 5.41) is 0. The van der Waals surface area contributed by atoms with Crippen molar-refractivity contribution in [3.63, 3.8) is 0 Å². The van der Waals surface area contributed by atoms with Crippen molar-refractivity contribution in [2.75, 3.05) is 6.54 Å². The van der Waals surface area contributed by atoms with Crippen LogP contribution in [0.15, 0.2) is 0 Å². The van der Waals surface area contributed by atoms with Crippen molar-refractivity contribution in [1.29, 1.82) is 0 Å². The quantitative estimate of drug-likeness (QED) is 0.691. The summed E-state index contributed by atoms with van der Waals surface area (Å²) in [5.74, 6) is 0.0239. The molecule has 16 heavy (non-hydrogen) atoms. The smallest absolute Gasteiger partial charge is 0.411 e. The number of amides is 1. The minimum absolute atomic E-state index is 0.0239. The largest absolute Gasteiger partial charge is 0.444 e. The Hall–Kier alpha value is -1.06. The molecule has 0 saturated carbocycles. The lowest BCUT2D eigenvalue weighted by molar-refractivity contribution is -0.126. The molecule has 0 aromatic carbocycles. The van der Waals surface area contributed by atoms with Crippen LogP contribution < -0.4 is 0 Å². The highest BCUT2D eigenvalue weighted by atomic mass is 16.6. The number of hydrogen-bond donors (Lipinski definition) is 0. The molecular weight excluding hydrogens is 206 g/mol. The topological polar surface area (TPSA) is 46.6 Å². The highest BCUT2D eigenvalue weighted by molar-refractivity contribution is 5.90. The second kappa shape index (κ2) is 4.07. The zero-order valence-corrected chi connectivity index (χ0v) is 10.8. The third kappa shape index (κ3) is 2.54. The van der Waals surface area contributed by atoms with E-state index in [1.54, 1.807) is 4.90 Å². The zero-order chi connectivity index (χ0) is 12.6. The van der Waals surface area contributed by atoms with Gasteiger partial charge in [0.1, 0.15) is 11.1 Å². The van der Waals surface area contributed by atoms with Crippen LogP contribution in [0.5, 0.6) is 0 Å². The fraction of sp³-hybridized carbons (Fsp3) is 0.833. The van der Waals surface area contributed by atoms with Gasteiger partial charge in [-0.15, -0.1) is 0 Å². The molecule has 4 nitrogen and oxygen atoms in total. The lowest BCUT2D eigenvalue weighted by Gasteiger charge is -2.34. The number of carbonyl (C=O) groups excluding carboxylic acids is 2. The van der Waals surface area contributed by atoms with E-state index >= 15 is 0 Å². The van der Waals surface area contributed by atoms with Crippen LogP contribution in [0.2, 0.25) is 0 Å². The predicted molar refractivity (Wildman–Crippen MR) is 61.3 cm³/mol. The zero-order valence-electron chi connectivity index (χ0n) is 10.8. The van der Waals surface area contributed by atoms with Gasteiger partial charge >= 0.3 is 6.09 Å². The number of rotatable bonds is 1. The number of Topliss-reactive ketones (excluding diaryl/α,β-unsaturated/α-hetero) is 1. The number of ether oxygens (including phenoxy) is 1. The molecule has 1 aliphatic rings. The van der Waals surface area contributed by atoms with Crippen molar-refractivity contribution < 1.29 is 14.3 Å². The number of ketones is 1. The molecule has 1 aliphatic heterocycles. The summed E-state index contributed by atoms with van der Waals surface area (Å²) in [6, 6.07) is 0. The first-order valence-corrected chi connectivity index (χ1v) is 5.68. The van der Waals surface area contributed by atoms with Crippen molar-refractivity contribution >= 4 is 11.9 Å². The average molecular weight is 227 g/mol. The maximum atomic E-state index is 11.9. The standard InChI is InChI=1S/C12H21NO3/c1-9(14)12(5)7-6-8-13(12)10(15)16-11(2,3)4/h6-8H2,1-5H3/t12-/m1/s1. The molecule has 1 amide bonds. The van der Waals surface area contributed by atoms with E-state index in [0.717, 1.165) is 12.8 Å². The first-order chi connectivity index (χ1) is 7.17.